The number of anilines is 1. The number of nitrogens with one attached hydrogen (secondary N) is 1. The first-order chi connectivity index (χ1) is 9.47. The zero-order chi connectivity index (χ0) is 15.0. The van der Waals surface area contributed by atoms with Crippen LogP contribution in [0, 0.1) is 5.92 Å². The SMILES string of the molecule is CC(CCNC(=O)Cc1cccc(N)c1)CCC(=O)O. The van der Waals surface area contributed by atoms with Crippen LogP contribution in [-0.2, 0) is 16.0 Å². The van der Waals surface area contributed by atoms with Crippen LogP contribution in [0.2, 0.25) is 0 Å². The Hall–Kier alpha value is -2.04. The molecule has 1 rings (SSSR count). The minimum absolute atomic E-state index is 0.0407. The summed E-state index contributed by atoms with van der Waals surface area (Å²) >= 11 is 0. The summed E-state index contributed by atoms with van der Waals surface area (Å²) in [7, 11) is 0. The van der Waals surface area contributed by atoms with E-state index in [4.69, 9.17) is 10.8 Å². The minimum Gasteiger partial charge on any atom is -0.481 e. The van der Waals surface area contributed by atoms with E-state index in [0.717, 1.165) is 12.0 Å². The van der Waals surface area contributed by atoms with E-state index in [9.17, 15) is 9.59 Å². The summed E-state index contributed by atoms with van der Waals surface area (Å²) in [5.74, 6) is -0.526. The zero-order valence-corrected chi connectivity index (χ0v) is 11.8. The third-order valence-corrected chi connectivity index (χ3v) is 3.13. The lowest BCUT2D eigenvalue weighted by Crippen LogP contribution is -2.27. The molecule has 5 nitrogen and oxygen atoms in total. The summed E-state index contributed by atoms with van der Waals surface area (Å²) in [6, 6.07) is 7.26. The quantitative estimate of drug-likeness (QED) is 0.632. The Bertz CT molecular complexity index is 460. The van der Waals surface area contributed by atoms with Gasteiger partial charge in [-0.05, 0) is 36.5 Å². The highest BCUT2D eigenvalue weighted by atomic mass is 16.4. The molecule has 1 aromatic carbocycles. The molecule has 0 aliphatic heterocycles. The van der Waals surface area contributed by atoms with Gasteiger partial charge in [-0.3, -0.25) is 9.59 Å². The van der Waals surface area contributed by atoms with Gasteiger partial charge in [0.1, 0.15) is 0 Å². The lowest BCUT2D eigenvalue weighted by Gasteiger charge is -2.11. The van der Waals surface area contributed by atoms with Crippen molar-refractivity contribution in [3.05, 3.63) is 29.8 Å². The third kappa shape index (κ3) is 6.78. The number of aliphatic carboxylic acids is 1. The number of nitrogens with two attached hydrogens (primary N) is 1. The lowest BCUT2D eigenvalue weighted by atomic mass is 10.0. The maximum atomic E-state index is 11.7. The molecule has 0 aliphatic carbocycles. The predicted molar refractivity (Wildman–Crippen MR) is 78.2 cm³/mol. The van der Waals surface area contributed by atoms with Gasteiger partial charge in [0.05, 0.1) is 6.42 Å². The van der Waals surface area contributed by atoms with Crippen molar-refractivity contribution in [1.29, 1.82) is 0 Å². The molecule has 0 aliphatic rings. The van der Waals surface area contributed by atoms with E-state index in [1.807, 2.05) is 19.1 Å². The summed E-state index contributed by atoms with van der Waals surface area (Å²) in [4.78, 5) is 22.2. The first-order valence-electron chi connectivity index (χ1n) is 6.80. The summed E-state index contributed by atoms with van der Waals surface area (Å²) in [5, 5.41) is 11.4. The van der Waals surface area contributed by atoms with Gasteiger partial charge < -0.3 is 16.2 Å². The van der Waals surface area contributed by atoms with Gasteiger partial charge in [0, 0.05) is 18.7 Å². The molecule has 110 valence electrons. The Morgan fingerprint density at radius 3 is 2.75 bits per heavy atom. The van der Waals surface area contributed by atoms with Crippen molar-refractivity contribution in [2.24, 2.45) is 5.92 Å². The number of benzene rings is 1. The molecule has 0 bridgehead atoms. The lowest BCUT2D eigenvalue weighted by molar-refractivity contribution is -0.137. The zero-order valence-electron chi connectivity index (χ0n) is 11.8. The van der Waals surface area contributed by atoms with Crippen LogP contribution in [0.3, 0.4) is 0 Å². The number of carbonyl (C=O) groups excluding carboxylic acids is 1. The van der Waals surface area contributed by atoms with Crippen molar-refractivity contribution < 1.29 is 14.7 Å². The van der Waals surface area contributed by atoms with Gasteiger partial charge >= 0.3 is 5.97 Å². The van der Waals surface area contributed by atoms with E-state index < -0.39 is 5.97 Å². The number of carbonyl (C=O) groups is 2. The summed E-state index contributed by atoms with van der Waals surface area (Å²) in [6.07, 6.45) is 1.92. The topological polar surface area (TPSA) is 92.4 Å². The highest BCUT2D eigenvalue weighted by molar-refractivity contribution is 5.78. The molecule has 1 aromatic rings. The second-order valence-electron chi connectivity index (χ2n) is 5.10. The van der Waals surface area contributed by atoms with Crippen molar-refractivity contribution >= 4 is 17.6 Å². The van der Waals surface area contributed by atoms with Gasteiger partial charge in [0.15, 0.2) is 0 Å². The van der Waals surface area contributed by atoms with Crippen molar-refractivity contribution in [3.63, 3.8) is 0 Å². The second kappa shape index (κ2) is 8.19. The van der Waals surface area contributed by atoms with Crippen LogP contribution in [0.5, 0.6) is 0 Å². The Morgan fingerprint density at radius 1 is 1.35 bits per heavy atom. The fraction of sp³-hybridized carbons (Fsp3) is 0.467. The minimum atomic E-state index is -0.775. The van der Waals surface area contributed by atoms with Gasteiger partial charge in [0.2, 0.25) is 5.91 Å². The van der Waals surface area contributed by atoms with Crippen LogP contribution in [-0.4, -0.2) is 23.5 Å². The fourth-order valence-corrected chi connectivity index (χ4v) is 1.92. The van der Waals surface area contributed by atoms with E-state index in [1.54, 1.807) is 12.1 Å². The molecule has 4 N–H and O–H groups in total. The van der Waals surface area contributed by atoms with E-state index in [0.29, 0.717) is 31.0 Å². The molecular formula is C15H22N2O3. The monoisotopic (exact) mass is 278 g/mol. The van der Waals surface area contributed by atoms with E-state index in [-0.39, 0.29) is 12.3 Å². The average Bonchev–Trinajstić information content (AvgIpc) is 2.36. The van der Waals surface area contributed by atoms with Crippen molar-refractivity contribution in [2.45, 2.75) is 32.6 Å². The summed E-state index contributed by atoms with van der Waals surface area (Å²) in [6.45, 7) is 2.56. The molecule has 1 atom stereocenters. The number of hydrogen-bond donors (Lipinski definition) is 3. The number of amides is 1. The molecule has 0 saturated heterocycles. The number of carboxylic acids is 1. The van der Waals surface area contributed by atoms with Crippen LogP contribution in [0.4, 0.5) is 5.69 Å². The van der Waals surface area contributed by atoms with E-state index in [2.05, 4.69) is 5.32 Å². The first kappa shape index (κ1) is 16.0. The molecule has 5 heteroatoms. The Morgan fingerprint density at radius 2 is 2.10 bits per heavy atom. The highest BCUT2D eigenvalue weighted by Gasteiger charge is 2.07. The predicted octanol–water partition coefficient (Wildman–Crippen LogP) is 1.82. The van der Waals surface area contributed by atoms with Gasteiger partial charge in [0.25, 0.3) is 0 Å². The van der Waals surface area contributed by atoms with Crippen molar-refractivity contribution in [3.8, 4) is 0 Å². The van der Waals surface area contributed by atoms with E-state index >= 15 is 0 Å². The van der Waals surface area contributed by atoms with Crippen molar-refractivity contribution in [1.82, 2.24) is 5.32 Å². The molecule has 0 fully saturated rings. The molecule has 0 aromatic heterocycles. The third-order valence-electron chi connectivity index (χ3n) is 3.13. The van der Waals surface area contributed by atoms with Crippen LogP contribution >= 0.6 is 0 Å². The standard InChI is InChI=1S/C15H22N2O3/c1-11(5-6-15(19)20)7-8-17-14(18)10-12-3-2-4-13(16)9-12/h2-4,9,11H,5-8,10,16H2,1H3,(H,17,18)(H,19,20). The first-order valence-corrected chi connectivity index (χ1v) is 6.80. The maximum absolute atomic E-state index is 11.7. The summed E-state index contributed by atoms with van der Waals surface area (Å²) < 4.78 is 0. The molecule has 1 unspecified atom stereocenters. The highest BCUT2D eigenvalue weighted by Crippen LogP contribution is 2.10. The number of nitrogen functional groups attached to an aromatic ring is 1. The molecule has 0 spiro atoms. The summed E-state index contributed by atoms with van der Waals surface area (Å²) in [5.41, 5.74) is 7.19. The van der Waals surface area contributed by atoms with Crippen LogP contribution in [0.1, 0.15) is 31.7 Å². The van der Waals surface area contributed by atoms with Crippen LogP contribution in [0.15, 0.2) is 24.3 Å². The smallest absolute Gasteiger partial charge is 0.303 e. The number of carboxylic acid groups (broad SMARTS) is 1. The normalized spacial score (nSPS) is 11.8. The van der Waals surface area contributed by atoms with Gasteiger partial charge in [-0.1, -0.05) is 19.1 Å². The van der Waals surface area contributed by atoms with Crippen molar-refractivity contribution in [2.75, 3.05) is 12.3 Å². The van der Waals surface area contributed by atoms with E-state index in [1.165, 1.54) is 0 Å². The maximum Gasteiger partial charge on any atom is 0.303 e. The second-order valence-corrected chi connectivity index (χ2v) is 5.10. The number of hydrogen-bond acceptors (Lipinski definition) is 3. The Labute approximate surface area is 119 Å². The van der Waals surface area contributed by atoms with Gasteiger partial charge in [-0.2, -0.15) is 0 Å². The molecule has 0 saturated carbocycles. The number of rotatable bonds is 8. The fourth-order valence-electron chi connectivity index (χ4n) is 1.92. The van der Waals surface area contributed by atoms with Crippen LogP contribution < -0.4 is 11.1 Å². The molecule has 20 heavy (non-hydrogen) atoms. The Kier molecular flexibility index (Phi) is 6.56. The molecule has 0 radical (unpaired) electrons. The average molecular weight is 278 g/mol. The van der Waals surface area contributed by atoms with Gasteiger partial charge in [-0.25, -0.2) is 0 Å². The molecule has 1 amide bonds. The van der Waals surface area contributed by atoms with Crippen LogP contribution in [0.25, 0.3) is 0 Å². The largest absolute Gasteiger partial charge is 0.481 e. The Balaban J connectivity index is 2.21. The molecular weight excluding hydrogens is 256 g/mol. The molecule has 0 heterocycles. The van der Waals surface area contributed by atoms with Gasteiger partial charge in [-0.15, -0.1) is 0 Å².